The number of carbonyl (C=O) groups excluding carboxylic acids is 1. The van der Waals surface area contributed by atoms with Gasteiger partial charge in [-0.2, -0.15) is 0 Å². The van der Waals surface area contributed by atoms with Crippen molar-refractivity contribution in [3.05, 3.63) is 54.1 Å². The van der Waals surface area contributed by atoms with E-state index in [1.807, 2.05) is 6.07 Å². The van der Waals surface area contributed by atoms with Gasteiger partial charge in [0.05, 0.1) is 24.2 Å². The number of sulfonamides is 1. The normalized spacial score (nSPS) is 16.0. The van der Waals surface area contributed by atoms with Gasteiger partial charge in [0, 0.05) is 18.2 Å². The molecule has 126 valence electrons. The Bertz CT molecular complexity index is 850. The Hall–Kier alpha value is -2.54. The van der Waals surface area contributed by atoms with Crippen LogP contribution in [0.4, 0.5) is 11.4 Å². The third kappa shape index (κ3) is 3.21. The molecule has 0 aromatic heterocycles. The van der Waals surface area contributed by atoms with Crippen LogP contribution >= 0.6 is 0 Å². The van der Waals surface area contributed by atoms with Gasteiger partial charge >= 0.3 is 0 Å². The lowest BCUT2D eigenvalue weighted by Crippen LogP contribution is -2.25. The van der Waals surface area contributed by atoms with Crippen LogP contribution in [0.15, 0.2) is 48.5 Å². The molecule has 0 saturated carbocycles. The molecule has 7 heteroatoms. The third-order valence-corrected chi connectivity index (χ3v) is 5.73. The number of carbonyl (C=O) groups is 1. The molecule has 1 heterocycles. The molecule has 0 atom stereocenters. The molecule has 0 unspecified atom stereocenters. The average Bonchev–Trinajstić information content (AvgIpc) is 2.95. The zero-order valence-electron chi connectivity index (χ0n) is 13.2. The second kappa shape index (κ2) is 6.52. The Morgan fingerprint density at radius 2 is 1.92 bits per heavy atom. The molecule has 1 fully saturated rings. The van der Waals surface area contributed by atoms with Crippen molar-refractivity contribution >= 4 is 27.3 Å². The summed E-state index contributed by atoms with van der Waals surface area (Å²) in [6, 6.07) is 13.8. The largest absolute Gasteiger partial charge is 0.494 e. The van der Waals surface area contributed by atoms with Crippen molar-refractivity contribution in [1.29, 1.82) is 0 Å². The van der Waals surface area contributed by atoms with E-state index in [1.165, 1.54) is 11.4 Å². The SMILES string of the molecule is COc1cc(N2CCCS2(=O)=O)ccc1NC(=O)c1ccccc1. The Kier molecular flexibility index (Phi) is 4.44. The van der Waals surface area contributed by atoms with Gasteiger partial charge in [0.1, 0.15) is 5.75 Å². The van der Waals surface area contributed by atoms with Crippen molar-refractivity contribution in [2.45, 2.75) is 6.42 Å². The number of hydrogen-bond donors (Lipinski definition) is 1. The molecule has 0 spiro atoms. The highest BCUT2D eigenvalue weighted by atomic mass is 32.2. The van der Waals surface area contributed by atoms with Crippen LogP contribution in [-0.2, 0) is 10.0 Å². The Morgan fingerprint density at radius 1 is 1.17 bits per heavy atom. The van der Waals surface area contributed by atoms with E-state index < -0.39 is 10.0 Å². The summed E-state index contributed by atoms with van der Waals surface area (Å²) in [5, 5.41) is 2.78. The molecule has 1 saturated heterocycles. The number of hydrogen-bond acceptors (Lipinski definition) is 4. The predicted molar refractivity (Wildman–Crippen MR) is 93.1 cm³/mol. The minimum atomic E-state index is -3.25. The van der Waals surface area contributed by atoms with Gasteiger partial charge in [-0.3, -0.25) is 9.10 Å². The molecule has 2 aromatic carbocycles. The molecule has 0 bridgehead atoms. The summed E-state index contributed by atoms with van der Waals surface area (Å²) in [5.41, 5.74) is 1.57. The highest BCUT2D eigenvalue weighted by Gasteiger charge is 2.29. The Labute approximate surface area is 141 Å². The molecule has 6 nitrogen and oxygen atoms in total. The van der Waals surface area contributed by atoms with E-state index in [2.05, 4.69) is 5.32 Å². The van der Waals surface area contributed by atoms with Gasteiger partial charge in [-0.15, -0.1) is 0 Å². The van der Waals surface area contributed by atoms with E-state index in [4.69, 9.17) is 4.74 Å². The summed E-state index contributed by atoms with van der Waals surface area (Å²) in [6.45, 7) is 0.460. The first-order valence-corrected chi connectivity index (χ1v) is 9.17. The first-order valence-electron chi connectivity index (χ1n) is 7.56. The van der Waals surface area contributed by atoms with Crippen molar-refractivity contribution in [1.82, 2.24) is 0 Å². The minimum Gasteiger partial charge on any atom is -0.494 e. The highest BCUT2D eigenvalue weighted by molar-refractivity contribution is 7.93. The van der Waals surface area contributed by atoms with Gasteiger partial charge in [-0.25, -0.2) is 8.42 Å². The molecular formula is C17H18N2O4S. The van der Waals surface area contributed by atoms with E-state index in [0.29, 0.717) is 35.7 Å². The fourth-order valence-corrected chi connectivity index (χ4v) is 4.21. The lowest BCUT2D eigenvalue weighted by molar-refractivity contribution is 0.102. The number of nitrogens with one attached hydrogen (secondary N) is 1. The number of ether oxygens (including phenoxy) is 1. The van der Waals surface area contributed by atoms with Gasteiger partial charge in [-0.05, 0) is 30.7 Å². The quantitative estimate of drug-likeness (QED) is 0.923. The molecule has 1 aliphatic heterocycles. The van der Waals surface area contributed by atoms with Crippen LogP contribution in [0.25, 0.3) is 0 Å². The van der Waals surface area contributed by atoms with Crippen LogP contribution in [-0.4, -0.2) is 33.7 Å². The van der Waals surface area contributed by atoms with Crippen LogP contribution in [0.2, 0.25) is 0 Å². The van der Waals surface area contributed by atoms with E-state index in [9.17, 15) is 13.2 Å². The van der Waals surface area contributed by atoms with Gasteiger partial charge in [0.2, 0.25) is 10.0 Å². The summed E-state index contributed by atoms with van der Waals surface area (Å²) in [5.74, 6) is 0.316. The molecular weight excluding hydrogens is 328 g/mol. The smallest absolute Gasteiger partial charge is 0.255 e. The first-order chi connectivity index (χ1) is 11.5. The number of benzene rings is 2. The van der Waals surface area contributed by atoms with Gasteiger partial charge in [0.25, 0.3) is 5.91 Å². The molecule has 1 amide bonds. The van der Waals surface area contributed by atoms with E-state index in [0.717, 1.165) is 0 Å². The zero-order valence-corrected chi connectivity index (χ0v) is 14.0. The molecule has 0 aliphatic carbocycles. The summed E-state index contributed by atoms with van der Waals surface area (Å²) in [7, 11) is -1.77. The fourth-order valence-electron chi connectivity index (χ4n) is 2.65. The van der Waals surface area contributed by atoms with Crippen molar-refractivity contribution in [2.24, 2.45) is 0 Å². The second-order valence-electron chi connectivity index (χ2n) is 5.45. The van der Waals surface area contributed by atoms with Crippen molar-refractivity contribution < 1.29 is 17.9 Å². The van der Waals surface area contributed by atoms with E-state index in [1.54, 1.807) is 42.5 Å². The lowest BCUT2D eigenvalue weighted by Gasteiger charge is -2.19. The van der Waals surface area contributed by atoms with E-state index in [-0.39, 0.29) is 11.7 Å². The molecule has 1 N–H and O–H groups in total. The fraction of sp³-hybridized carbons (Fsp3) is 0.235. The highest BCUT2D eigenvalue weighted by Crippen LogP contribution is 2.33. The standard InChI is InChI=1S/C17H18N2O4S/c1-23-16-12-14(19-10-5-11-24(19,21)22)8-9-15(16)18-17(20)13-6-3-2-4-7-13/h2-4,6-9,12H,5,10-11H2,1H3,(H,18,20). The number of amides is 1. The molecule has 2 aromatic rings. The van der Waals surface area contributed by atoms with Crippen LogP contribution in [0.1, 0.15) is 16.8 Å². The van der Waals surface area contributed by atoms with Gasteiger partial charge in [0.15, 0.2) is 0 Å². The maximum Gasteiger partial charge on any atom is 0.255 e. The minimum absolute atomic E-state index is 0.155. The van der Waals surface area contributed by atoms with Crippen molar-refractivity contribution in [3.8, 4) is 5.75 Å². The number of anilines is 2. The lowest BCUT2D eigenvalue weighted by atomic mass is 10.2. The number of nitrogens with zero attached hydrogens (tertiary/aromatic N) is 1. The molecule has 24 heavy (non-hydrogen) atoms. The van der Waals surface area contributed by atoms with Gasteiger partial charge in [-0.1, -0.05) is 18.2 Å². The average molecular weight is 346 g/mol. The Morgan fingerprint density at radius 3 is 2.54 bits per heavy atom. The zero-order chi connectivity index (χ0) is 17.2. The molecule has 1 aliphatic rings. The second-order valence-corrected chi connectivity index (χ2v) is 7.46. The van der Waals surface area contributed by atoms with Crippen molar-refractivity contribution in [3.63, 3.8) is 0 Å². The summed E-state index contributed by atoms with van der Waals surface area (Å²) in [6.07, 6.45) is 0.608. The maximum absolute atomic E-state index is 12.3. The van der Waals surface area contributed by atoms with E-state index >= 15 is 0 Å². The van der Waals surface area contributed by atoms with Crippen LogP contribution in [0.5, 0.6) is 5.75 Å². The topological polar surface area (TPSA) is 75.7 Å². The number of rotatable bonds is 4. The van der Waals surface area contributed by atoms with Crippen LogP contribution < -0.4 is 14.4 Å². The first kappa shape index (κ1) is 16.3. The Balaban J connectivity index is 1.86. The van der Waals surface area contributed by atoms with Crippen LogP contribution in [0, 0.1) is 0 Å². The summed E-state index contributed by atoms with van der Waals surface area (Å²) >= 11 is 0. The molecule has 3 rings (SSSR count). The monoisotopic (exact) mass is 346 g/mol. The van der Waals surface area contributed by atoms with Crippen molar-refractivity contribution in [2.75, 3.05) is 29.0 Å². The third-order valence-electron chi connectivity index (χ3n) is 3.86. The summed E-state index contributed by atoms with van der Waals surface area (Å²) < 4.78 is 30.7. The van der Waals surface area contributed by atoms with Gasteiger partial charge < -0.3 is 10.1 Å². The number of methoxy groups -OCH3 is 1. The predicted octanol–water partition coefficient (Wildman–Crippen LogP) is 2.49. The van der Waals surface area contributed by atoms with Crippen LogP contribution in [0.3, 0.4) is 0 Å². The maximum atomic E-state index is 12.3. The summed E-state index contributed by atoms with van der Waals surface area (Å²) in [4.78, 5) is 12.3. The molecule has 0 radical (unpaired) electrons.